The number of nitrogens with zero attached hydrogens (tertiary/aromatic N) is 2. The summed E-state index contributed by atoms with van der Waals surface area (Å²) in [5.74, 6) is 1.62. The fraction of sp³-hybridized carbons (Fsp3) is 0.932. The number of aliphatic hydroxyl groups is 3. The van der Waals surface area contributed by atoms with Gasteiger partial charge in [0.15, 0.2) is 0 Å². The van der Waals surface area contributed by atoms with Crippen LogP contribution in [0.3, 0.4) is 0 Å². The van der Waals surface area contributed by atoms with Crippen LogP contribution in [0.25, 0.3) is 0 Å². The predicted octanol–water partition coefficient (Wildman–Crippen LogP) is 5.95. The Morgan fingerprint density at radius 2 is 1.18 bits per heavy atom. The molecule has 71 heavy (non-hydrogen) atoms. The van der Waals surface area contributed by atoms with Crippen molar-refractivity contribution in [3.63, 3.8) is 0 Å². The number of ether oxygens (including phenoxy) is 2. The van der Waals surface area contributed by atoms with Gasteiger partial charge in [-0.3, -0.25) is 29.9 Å². The van der Waals surface area contributed by atoms with Crippen molar-refractivity contribution >= 4 is 65.4 Å². The normalized spacial score (nSPS) is 31.6. The number of amides is 2. The van der Waals surface area contributed by atoms with E-state index in [-0.39, 0.29) is 61.4 Å². The number of rotatable bonds is 16. The van der Waals surface area contributed by atoms with E-state index >= 15 is 0 Å². The van der Waals surface area contributed by atoms with Gasteiger partial charge in [0, 0.05) is 44.4 Å². The van der Waals surface area contributed by atoms with Gasteiger partial charge in [-0.1, -0.05) is 54.9 Å². The van der Waals surface area contributed by atoms with Gasteiger partial charge in [-0.15, -0.1) is 35.1 Å². The second kappa shape index (κ2) is 38.5. The molecule has 4 heterocycles. The number of aldehydes is 1. The highest BCUT2D eigenvalue weighted by Gasteiger charge is 2.48. The number of aliphatic hydroxyl groups excluding tert-OH is 3. The SMILES string of the molecule is C.CCC[C@@H]1C[C@@H](C(=O)N[C@H](C=O)[C@H]2OC(SC)[C@H](C)[C@H](C)C2C)N(C)C1.CCC[C@@H]1C[C@@H](C(=O)N[C@H](CNCC(F)(F)F)[C@H]2OC(SC)[C@H](O)[C@H](O)C2O)N(C)C1.CCl.CSF.NCC(F)(F)F.OO. The lowest BCUT2D eigenvalue weighted by molar-refractivity contribution is -0.205. The van der Waals surface area contributed by atoms with E-state index in [2.05, 4.69) is 72.8 Å². The van der Waals surface area contributed by atoms with E-state index in [0.29, 0.717) is 30.1 Å². The second-order valence-corrected chi connectivity index (χ2v) is 19.8. The lowest BCUT2D eigenvalue weighted by Crippen LogP contribution is -2.65. The first-order valence-electron chi connectivity index (χ1n) is 22.9. The Bertz CT molecular complexity index is 1420. The molecule has 0 saturated carbocycles. The van der Waals surface area contributed by atoms with Crippen molar-refractivity contribution in [1.82, 2.24) is 25.8 Å². The zero-order valence-electron chi connectivity index (χ0n) is 42.1. The smallest absolute Gasteiger partial charge is 0.388 e. The predicted molar refractivity (Wildman–Crippen MR) is 271 cm³/mol. The van der Waals surface area contributed by atoms with Crippen molar-refractivity contribution in [2.24, 2.45) is 35.3 Å². The van der Waals surface area contributed by atoms with Gasteiger partial charge in [0.1, 0.15) is 47.6 Å². The lowest BCUT2D eigenvalue weighted by Gasteiger charge is -2.45. The molecule has 4 aliphatic rings. The zero-order valence-corrected chi connectivity index (χ0v) is 45.3. The summed E-state index contributed by atoms with van der Waals surface area (Å²) in [5, 5.41) is 50.6. The summed E-state index contributed by atoms with van der Waals surface area (Å²) in [4.78, 5) is 41.7. The number of nitrogens with one attached hydrogen (secondary N) is 3. The summed E-state index contributed by atoms with van der Waals surface area (Å²) in [7, 11) is 3.83. The third-order valence-corrected chi connectivity index (χ3v) is 14.6. The van der Waals surface area contributed by atoms with Crippen LogP contribution in [0.1, 0.15) is 80.6 Å². The van der Waals surface area contributed by atoms with Crippen molar-refractivity contribution in [2.75, 3.05) is 72.0 Å². The van der Waals surface area contributed by atoms with Gasteiger partial charge in [0.2, 0.25) is 11.8 Å². The first-order valence-corrected chi connectivity index (χ1v) is 27.4. The van der Waals surface area contributed by atoms with E-state index < -0.39 is 73.4 Å². The third kappa shape index (κ3) is 26.1. The Balaban J connectivity index is -0.00000104. The molecule has 16 nitrogen and oxygen atoms in total. The van der Waals surface area contributed by atoms with Gasteiger partial charge < -0.3 is 51.3 Å². The number of carbonyl (C=O) groups is 3. The van der Waals surface area contributed by atoms with Crippen molar-refractivity contribution in [1.29, 1.82) is 0 Å². The molecule has 0 aromatic carbocycles. The molecule has 10 N–H and O–H groups in total. The van der Waals surface area contributed by atoms with E-state index in [4.69, 9.17) is 20.0 Å². The molecule has 4 aliphatic heterocycles. The van der Waals surface area contributed by atoms with E-state index in [9.17, 15) is 59.9 Å². The highest BCUT2D eigenvalue weighted by molar-refractivity contribution is 7.99. The molecule has 4 rings (SSSR count). The molecule has 0 radical (unpaired) electrons. The molecule has 4 saturated heterocycles. The second-order valence-electron chi connectivity index (χ2n) is 17.7. The largest absolute Gasteiger partial charge is 0.401 e. The molecule has 0 spiro atoms. The maximum Gasteiger partial charge on any atom is 0.401 e. The third-order valence-electron chi connectivity index (χ3n) is 12.7. The number of likely N-dealkylation sites (tertiary alicyclic amines) is 2. The fourth-order valence-corrected chi connectivity index (χ4v) is 10.5. The molecule has 0 aromatic rings. The van der Waals surface area contributed by atoms with E-state index in [1.807, 2.05) is 25.3 Å². The van der Waals surface area contributed by atoms with Crippen LogP contribution in [0.15, 0.2) is 0 Å². The van der Waals surface area contributed by atoms with Crippen LogP contribution in [0.5, 0.6) is 0 Å². The van der Waals surface area contributed by atoms with Gasteiger partial charge in [0.05, 0.1) is 37.3 Å². The maximum atomic E-state index is 13.0. The summed E-state index contributed by atoms with van der Waals surface area (Å²) in [6, 6.07) is -2.20. The number of thioether (sulfide) groups is 2. The molecule has 0 aliphatic carbocycles. The van der Waals surface area contributed by atoms with E-state index in [1.165, 1.54) is 12.6 Å². The fourth-order valence-electron chi connectivity index (χ4n) is 8.92. The number of likely N-dealkylation sites (N-methyl/N-ethyl adjacent to an activating group) is 2. The molecule has 4 fully saturated rings. The van der Waals surface area contributed by atoms with Crippen LogP contribution in [-0.4, -0.2) is 204 Å². The van der Waals surface area contributed by atoms with Gasteiger partial charge in [-0.05, 0) is 81.9 Å². The Morgan fingerprint density at radius 3 is 1.56 bits per heavy atom. The number of nitrogens with two attached hydrogens (primary N) is 1. The molecule has 426 valence electrons. The highest BCUT2D eigenvalue weighted by atomic mass is 35.5. The average molecular weight is 1120 g/mol. The molecule has 2 amide bonds. The van der Waals surface area contributed by atoms with Crippen molar-refractivity contribution in [3.8, 4) is 0 Å². The maximum absolute atomic E-state index is 13.0. The molecule has 0 aromatic heterocycles. The van der Waals surface area contributed by atoms with Crippen LogP contribution in [0.4, 0.5) is 30.2 Å². The van der Waals surface area contributed by atoms with Gasteiger partial charge in [-0.2, -0.15) is 30.2 Å². The number of hydrogen-bond donors (Lipinski definition) is 9. The van der Waals surface area contributed by atoms with Crippen LogP contribution < -0.4 is 21.7 Å². The van der Waals surface area contributed by atoms with E-state index in [1.54, 1.807) is 18.0 Å². The molecule has 4 unspecified atom stereocenters. The number of alkyl halides is 7. The highest BCUT2D eigenvalue weighted by Crippen LogP contribution is 2.40. The minimum absolute atomic E-state index is 0. The Morgan fingerprint density at radius 1 is 0.761 bits per heavy atom. The monoisotopic (exact) mass is 1120 g/mol. The van der Waals surface area contributed by atoms with Crippen LogP contribution in [0, 0.1) is 29.6 Å². The zero-order chi connectivity index (χ0) is 54.7. The first-order chi connectivity index (χ1) is 32.8. The number of carbonyl (C=O) groups excluding carboxylic acids is 3. The van der Waals surface area contributed by atoms with Crippen molar-refractivity contribution < 1.29 is 79.9 Å². The summed E-state index contributed by atoms with van der Waals surface area (Å²) in [6.07, 6.45) is -1.42. The standard InChI is InChI=1S/C20H36N2O3S.C19H34F3N3O5S.C2H4F3N.CH3Cl.CH3FS.CH4.H2O2/c1-7-8-15-9-17(22(5)10-15)19(24)21-16(11-23)18-13(3)12(2)14(4)20(25-18)26-6;1-4-5-10-6-12(25(2)8-10)17(29)24-11(7-23-9-19(20,21)22)16-14(27)13(26)15(28)18(30-16)31-3;3-2(4,5)1-6;1-2;1-3-2;;1-2/h11-18,20H,7-10H2,1-6H3,(H,21,24);10-16,18,23,26-28H,4-9H2,1-3H3,(H,24,29);1,6H2;1H3;1H3;1H4;1-2H/t12-,13?,14-,15-,16-,17+,18+,20?;10-,11-,12+,13-,14?,15-,16-,18?;;;;;/m11...../s1. The molecular weight excluding hydrogens is 1040 g/mol. The van der Waals surface area contributed by atoms with Gasteiger partial charge in [0.25, 0.3) is 0 Å². The summed E-state index contributed by atoms with van der Waals surface area (Å²) in [5.41, 5.74) is 3.35. The van der Waals surface area contributed by atoms with Crippen LogP contribution in [-0.2, 0) is 23.9 Å². The molecule has 0 bridgehead atoms. The summed E-state index contributed by atoms with van der Waals surface area (Å²) < 4.78 is 92.0. The van der Waals surface area contributed by atoms with Crippen LogP contribution in [0.2, 0.25) is 0 Å². The summed E-state index contributed by atoms with van der Waals surface area (Å²) in [6.45, 7) is 9.68. The average Bonchev–Trinajstić information content (AvgIpc) is 3.88. The topological polar surface area (TPSA) is 239 Å². The minimum atomic E-state index is -4.45. The molecular formula is C44H86ClF7N6O10S3. The van der Waals surface area contributed by atoms with Crippen molar-refractivity contribution in [3.05, 3.63) is 0 Å². The number of hydrogen-bond acceptors (Lipinski definition) is 17. The Hall–Kier alpha value is -0.980. The molecule has 16 atom stereocenters. The van der Waals surface area contributed by atoms with Crippen molar-refractivity contribution in [2.45, 2.75) is 158 Å². The number of halogens is 8. The Kier molecular flexibility index (Phi) is 40.3. The van der Waals surface area contributed by atoms with E-state index in [0.717, 1.165) is 63.2 Å². The van der Waals surface area contributed by atoms with Gasteiger partial charge in [-0.25, -0.2) is 0 Å². The Labute approximate surface area is 435 Å². The first kappa shape index (κ1) is 74.3. The molecule has 27 heteroatoms. The lowest BCUT2D eigenvalue weighted by atomic mass is 9.77. The minimum Gasteiger partial charge on any atom is -0.388 e. The van der Waals surface area contributed by atoms with Gasteiger partial charge >= 0.3 is 12.4 Å². The quantitative estimate of drug-likeness (QED) is 0.0285. The van der Waals surface area contributed by atoms with Crippen LogP contribution >= 0.6 is 47.3 Å². The summed E-state index contributed by atoms with van der Waals surface area (Å²) >= 11 is 7.67.